The lowest BCUT2D eigenvalue weighted by Gasteiger charge is -2.47. The number of hydrogen-bond donors (Lipinski definition) is 2. The van der Waals surface area contributed by atoms with Crippen LogP contribution >= 0.6 is 0 Å². The van der Waals surface area contributed by atoms with Gasteiger partial charge in [-0.3, -0.25) is 9.59 Å². The zero-order valence-electron chi connectivity index (χ0n) is 21.9. The highest BCUT2D eigenvalue weighted by atomic mass is 16.5. The van der Waals surface area contributed by atoms with Crippen LogP contribution in [0.15, 0.2) is 72.8 Å². The van der Waals surface area contributed by atoms with Crippen molar-refractivity contribution in [2.45, 2.75) is 12.1 Å². The minimum absolute atomic E-state index is 0.0844. The molecule has 1 saturated heterocycles. The molecule has 200 valence electrons. The van der Waals surface area contributed by atoms with Crippen LogP contribution in [0.25, 0.3) is 10.8 Å². The topological polar surface area (TPSA) is 107 Å². The van der Waals surface area contributed by atoms with E-state index in [9.17, 15) is 14.7 Å². The molecule has 1 aliphatic rings. The third kappa shape index (κ3) is 4.52. The summed E-state index contributed by atoms with van der Waals surface area (Å²) in [4.78, 5) is 28.4. The van der Waals surface area contributed by atoms with Gasteiger partial charge in [0, 0.05) is 17.7 Å². The molecule has 9 heteroatoms. The quantitative estimate of drug-likeness (QED) is 0.325. The number of benzene rings is 4. The first-order valence-corrected chi connectivity index (χ1v) is 12.2. The van der Waals surface area contributed by atoms with Gasteiger partial charge in [-0.05, 0) is 40.6 Å². The molecule has 0 saturated carbocycles. The third-order valence-electron chi connectivity index (χ3n) is 6.87. The van der Waals surface area contributed by atoms with Crippen molar-refractivity contribution >= 4 is 28.3 Å². The van der Waals surface area contributed by atoms with E-state index in [-0.39, 0.29) is 17.6 Å². The molecule has 4 aromatic rings. The van der Waals surface area contributed by atoms with E-state index in [1.807, 2.05) is 30.3 Å². The van der Waals surface area contributed by atoms with Crippen LogP contribution in [0.2, 0.25) is 0 Å². The number of β-lactam (4-membered cyclic amide) rings is 1. The second-order valence-corrected chi connectivity index (χ2v) is 8.98. The molecule has 1 heterocycles. The van der Waals surface area contributed by atoms with Crippen LogP contribution in [0.3, 0.4) is 0 Å². The standard InChI is InChI=1S/C30H28N2O7/c1-36-23-12-11-19(14-22(23)33)27-26(31-29(34)20-10-9-17-7-5-6-8-18(17)13-20)30(35)32(27)21-15-24(37-2)28(39-4)25(16-21)38-3/h5-16,26-27,33H,1-4H3,(H,31,34)/t26-,27-/m0/s1. The molecular weight excluding hydrogens is 500 g/mol. The minimum Gasteiger partial charge on any atom is -0.504 e. The van der Waals surface area contributed by atoms with E-state index in [0.29, 0.717) is 39.8 Å². The molecule has 39 heavy (non-hydrogen) atoms. The molecule has 0 bridgehead atoms. The molecule has 9 nitrogen and oxygen atoms in total. The molecule has 5 rings (SSSR count). The highest BCUT2D eigenvalue weighted by Crippen LogP contribution is 2.47. The summed E-state index contributed by atoms with van der Waals surface area (Å²) >= 11 is 0. The van der Waals surface area contributed by atoms with E-state index in [1.165, 1.54) is 39.4 Å². The molecule has 2 atom stereocenters. The van der Waals surface area contributed by atoms with Gasteiger partial charge in [0.1, 0.15) is 6.04 Å². The van der Waals surface area contributed by atoms with Gasteiger partial charge in [-0.2, -0.15) is 0 Å². The second kappa shape index (κ2) is 10.4. The first-order valence-electron chi connectivity index (χ1n) is 12.2. The van der Waals surface area contributed by atoms with Crippen molar-refractivity contribution in [2.75, 3.05) is 33.3 Å². The molecule has 0 unspecified atom stereocenters. The number of rotatable bonds is 8. The van der Waals surface area contributed by atoms with Crippen molar-refractivity contribution in [3.63, 3.8) is 0 Å². The summed E-state index contributed by atoms with van der Waals surface area (Å²) in [5, 5.41) is 15.3. The van der Waals surface area contributed by atoms with E-state index < -0.39 is 12.1 Å². The second-order valence-electron chi connectivity index (χ2n) is 8.98. The number of carbonyl (C=O) groups is 2. The smallest absolute Gasteiger partial charge is 0.252 e. The third-order valence-corrected chi connectivity index (χ3v) is 6.87. The van der Waals surface area contributed by atoms with Gasteiger partial charge in [-0.25, -0.2) is 0 Å². The lowest BCUT2D eigenvalue weighted by atomic mass is 9.87. The first-order chi connectivity index (χ1) is 18.9. The Kier molecular flexibility index (Phi) is 6.89. The average Bonchev–Trinajstić information content (AvgIpc) is 2.97. The predicted molar refractivity (Wildman–Crippen MR) is 146 cm³/mol. The molecule has 1 aliphatic heterocycles. The summed E-state index contributed by atoms with van der Waals surface area (Å²) in [6.07, 6.45) is 0. The molecule has 0 aliphatic carbocycles. The number of ether oxygens (including phenoxy) is 4. The molecule has 2 N–H and O–H groups in total. The van der Waals surface area contributed by atoms with Crippen LogP contribution in [0, 0.1) is 0 Å². The number of methoxy groups -OCH3 is 4. The number of anilines is 1. The molecule has 4 aromatic carbocycles. The summed E-state index contributed by atoms with van der Waals surface area (Å²) in [6.45, 7) is 0. The number of phenols is 1. The van der Waals surface area contributed by atoms with Gasteiger partial charge in [0.05, 0.1) is 40.2 Å². The molecule has 0 aromatic heterocycles. The lowest BCUT2D eigenvalue weighted by molar-refractivity contribution is -0.127. The molecular formula is C30H28N2O7. The highest BCUT2D eigenvalue weighted by molar-refractivity contribution is 6.10. The average molecular weight is 529 g/mol. The van der Waals surface area contributed by atoms with Gasteiger partial charge in [-0.15, -0.1) is 0 Å². The zero-order valence-corrected chi connectivity index (χ0v) is 21.9. The monoisotopic (exact) mass is 528 g/mol. The van der Waals surface area contributed by atoms with Crippen molar-refractivity contribution in [3.8, 4) is 28.7 Å². The van der Waals surface area contributed by atoms with Crippen molar-refractivity contribution in [1.82, 2.24) is 5.32 Å². The van der Waals surface area contributed by atoms with Gasteiger partial charge < -0.3 is 34.3 Å². The van der Waals surface area contributed by atoms with E-state index in [4.69, 9.17) is 18.9 Å². The number of phenolic OH excluding ortho intramolecular Hbond substituents is 1. The largest absolute Gasteiger partial charge is 0.504 e. The fourth-order valence-electron chi connectivity index (χ4n) is 4.91. The summed E-state index contributed by atoms with van der Waals surface area (Å²) in [7, 11) is 5.93. The van der Waals surface area contributed by atoms with Crippen molar-refractivity contribution in [3.05, 3.63) is 83.9 Å². The fourth-order valence-corrected chi connectivity index (χ4v) is 4.91. The Balaban J connectivity index is 1.53. The Labute approximate surface area is 225 Å². The maximum Gasteiger partial charge on any atom is 0.252 e. The van der Waals surface area contributed by atoms with E-state index in [0.717, 1.165) is 10.8 Å². The highest BCUT2D eigenvalue weighted by Gasteiger charge is 2.50. The predicted octanol–water partition coefficient (Wildman–Crippen LogP) is 4.47. The van der Waals surface area contributed by atoms with Gasteiger partial charge in [-0.1, -0.05) is 36.4 Å². The zero-order chi connectivity index (χ0) is 27.7. The number of nitrogens with one attached hydrogen (secondary N) is 1. The van der Waals surface area contributed by atoms with Crippen LogP contribution in [0.4, 0.5) is 5.69 Å². The van der Waals surface area contributed by atoms with Crippen LogP contribution in [0.5, 0.6) is 28.7 Å². The SMILES string of the molecule is COc1ccc([C@H]2[C@H](NC(=O)c3ccc4ccccc4c3)C(=O)N2c2cc(OC)c(OC)c(OC)c2)cc1O. The summed E-state index contributed by atoms with van der Waals surface area (Å²) < 4.78 is 21.6. The van der Waals surface area contributed by atoms with Gasteiger partial charge in [0.15, 0.2) is 23.0 Å². The van der Waals surface area contributed by atoms with Gasteiger partial charge >= 0.3 is 0 Å². The Morgan fingerprint density at radius 2 is 1.46 bits per heavy atom. The van der Waals surface area contributed by atoms with Crippen molar-refractivity contribution in [2.24, 2.45) is 0 Å². The number of fused-ring (bicyclic) bond motifs is 1. The fraction of sp³-hybridized carbons (Fsp3) is 0.200. The number of amides is 2. The number of aromatic hydroxyl groups is 1. The summed E-state index contributed by atoms with van der Waals surface area (Å²) in [5.41, 5.74) is 1.51. The summed E-state index contributed by atoms with van der Waals surface area (Å²) in [5.74, 6) is 0.625. The number of nitrogens with zero attached hydrogens (tertiary/aromatic N) is 1. The Morgan fingerprint density at radius 3 is 2.08 bits per heavy atom. The lowest BCUT2D eigenvalue weighted by Crippen LogP contribution is -2.66. The molecule has 0 radical (unpaired) electrons. The first kappa shape index (κ1) is 25.7. The van der Waals surface area contributed by atoms with Gasteiger partial charge in [0.25, 0.3) is 11.8 Å². The van der Waals surface area contributed by atoms with Crippen LogP contribution in [-0.2, 0) is 4.79 Å². The normalized spacial score (nSPS) is 16.4. The van der Waals surface area contributed by atoms with Gasteiger partial charge in [0.2, 0.25) is 5.75 Å². The Bertz CT molecular complexity index is 1540. The molecule has 2 amide bonds. The number of hydrogen-bond acceptors (Lipinski definition) is 7. The summed E-state index contributed by atoms with van der Waals surface area (Å²) in [6, 6.07) is 19.8. The van der Waals surface area contributed by atoms with Crippen LogP contribution in [-0.4, -0.2) is 51.4 Å². The maximum atomic E-state index is 13.6. The molecule has 1 fully saturated rings. The number of carbonyl (C=O) groups excluding carboxylic acids is 2. The minimum atomic E-state index is -0.893. The van der Waals surface area contributed by atoms with E-state index in [1.54, 1.807) is 36.4 Å². The Morgan fingerprint density at radius 1 is 0.795 bits per heavy atom. The van der Waals surface area contributed by atoms with E-state index >= 15 is 0 Å². The molecule has 0 spiro atoms. The van der Waals surface area contributed by atoms with Crippen LogP contribution in [0.1, 0.15) is 22.0 Å². The maximum absolute atomic E-state index is 13.6. The van der Waals surface area contributed by atoms with Crippen molar-refractivity contribution in [1.29, 1.82) is 0 Å². The Hall–Kier alpha value is -4.92. The van der Waals surface area contributed by atoms with E-state index in [2.05, 4.69) is 5.32 Å². The van der Waals surface area contributed by atoms with Crippen LogP contribution < -0.4 is 29.2 Å². The van der Waals surface area contributed by atoms with Crippen molar-refractivity contribution < 1.29 is 33.6 Å².